The average Bonchev–Trinajstić information content (AvgIpc) is 3.23. The lowest BCUT2D eigenvalue weighted by Crippen LogP contribution is -2.26. The molecule has 23 heavy (non-hydrogen) atoms. The normalized spacial score (nSPS) is 18.4. The Labute approximate surface area is 135 Å². The van der Waals surface area contributed by atoms with Gasteiger partial charge in [0, 0.05) is 34.6 Å². The lowest BCUT2D eigenvalue weighted by Gasteiger charge is -2.12. The molecule has 1 saturated carbocycles. The first-order valence-corrected chi connectivity index (χ1v) is 9.71. The predicted molar refractivity (Wildman–Crippen MR) is 88.3 cm³/mol. The number of aromatic nitrogens is 1. The Morgan fingerprint density at radius 1 is 1.26 bits per heavy atom. The second kappa shape index (κ2) is 5.18. The molecule has 5 nitrogen and oxygen atoms in total. The van der Waals surface area contributed by atoms with Crippen molar-refractivity contribution in [3.8, 4) is 0 Å². The van der Waals surface area contributed by atoms with E-state index in [0.717, 1.165) is 53.4 Å². The number of benzene rings is 1. The van der Waals surface area contributed by atoms with Gasteiger partial charge in [0.2, 0.25) is 10.0 Å². The van der Waals surface area contributed by atoms with Crippen LogP contribution in [-0.2, 0) is 22.9 Å². The fourth-order valence-electron chi connectivity index (χ4n) is 3.39. The molecule has 122 valence electrons. The lowest BCUT2D eigenvalue weighted by molar-refractivity contribution is 0.0974. The Balaban J connectivity index is 1.91. The van der Waals surface area contributed by atoms with Crippen molar-refractivity contribution in [3.05, 3.63) is 29.0 Å². The van der Waals surface area contributed by atoms with E-state index in [1.807, 2.05) is 13.0 Å². The number of hydrogen-bond donors (Lipinski definition) is 2. The molecule has 0 aliphatic heterocycles. The SMILES string of the molecule is CCc1cc2c3c([nH]c2cc1S(=O)(=O)NC1CC1)CCCC3=O. The van der Waals surface area contributed by atoms with E-state index in [4.69, 9.17) is 0 Å². The van der Waals surface area contributed by atoms with Crippen molar-refractivity contribution in [1.29, 1.82) is 0 Å². The Morgan fingerprint density at radius 3 is 2.74 bits per heavy atom. The summed E-state index contributed by atoms with van der Waals surface area (Å²) in [5, 5.41) is 0.868. The fourth-order valence-corrected chi connectivity index (χ4v) is 5.01. The van der Waals surface area contributed by atoms with Crippen LogP contribution in [0.25, 0.3) is 10.9 Å². The summed E-state index contributed by atoms with van der Waals surface area (Å²) in [4.78, 5) is 15.8. The van der Waals surface area contributed by atoms with Crippen LogP contribution in [0.4, 0.5) is 0 Å². The summed E-state index contributed by atoms with van der Waals surface area (Å²) in [5.74, 6) is 0.159. The summed E-state index contributed by atoms with van der Waals surface area (Å²) in [5.41, 5.74) is 3.23. The summed E-state index contributed by atoms with van der Waals surface area (Å²) < 4.78 is 28.0. The standard InChI is InChI=1S/C17H20N2O3S/c1-2-10-8-12-14(18-13-4-3-5-15(20)17(12)13)9-16(10)23(21,22)19-11-6-7-11/h8-9,11,18-19H,2-7H2,1H3. The van der Waals surface area contributed by atoms with Crippen LogP contribution >= 0.6 is 0 Å². The number of sulfonamides is 1. The van der Waals surface area contributed by atoms with E-state index in [9.17, 15) is 13.2 Å². The van der Waals surface area contributed by atoms with Crippen molar-refractivity contribution in [2.75, 3.05) is 0 Å². The molecular weight excluding hydrogens is 312 g/mol. The zero-order chi connectivity index (χ0) is 16.2. The molecule has 0 atom stereocenters. The highest BCUT2D eigenvalue weighted by atomic mass is 32.2. The van der Waals surface area contributed by atoms with Gasteiger partial charge < -0.3 is 4.98 Å². The summed E-state index contributed by atoms with van der Waals surface area (Å²) in [6.45, 7) is 1.94. The number of H-pyrrole nitrogens is 1. The first kappa shape index (κ1) is 14.9. The van der Waals surface area contributed by atoms with E-state index < -0.39 is 10.0 Å². The first-order valence-electron chi connectivity index (χ1n) is 8.22. The Morgan fingerprint density at radius 2 is 2.04 bits per heavy atom. The molecule has 0 saturated heterocycles. The number of nitrogens with one attached hydrogen (secondary N) is 2. The molecule has 0 amide bonds. The van der Waals surface area contributed by atoms with Crippen molar-refractivity contribution >= 4 is 26.7 Å². The third-order valence-corrected chi connectivity index (χ3v) is 6.34. The van der Waals surface area contributed by atoms with Gasteiger partial charge in [0.25, 0.3) is 0 Å². The van der Waals surface area contributed by atoms with Crippen molar-refractivity contribution in [2.45, 2.75) is 56.4 Å². The fraction of sp³-hybridized carbons (Fsp3) is 0.471. The number of carbonyl (C=O) groups is 1. The maximum atomic E-state index is 12.6. The Kier molecular flexibility index (Phi) is 3.35. The number of carbonyl (C=O) groups excluding carboxylic acids is 1. The number of ketones is 1. The molecule has 2 aliphatic rings. The van der Waals surface area contributed by atoms with E-state index in [1.165, 1.54) is 0 Å². The minimum Gasteiger partial charge on any atom is -0.358 e. The summed E-state index contributed by atoms with van der Waals surface area (Å²) in [6, 6.07) is 3.67. The average molecular weight is 332 g/mol. The van der Waals surface area contributed by atoms with Crippen LogP contribution in [-0.4, -0.2) is 25.2 Å². The van der Waals surface area contributed by atoms with Crippen molar-refractivity contribution < 1.29 is 13.2 Å². The van der Waals surface area contributed by atoms with Crippen LogP contribution in [0.3, 0.4) is 0 Å². The molecule has 4 rings (SSSR count). The number of hydrogen-bond acceptors (Lipinski definition) is 3. The molecule has 0 unspecified atom stereocenters. The highest BCUT2D eigenvalue weighted by Gasteiger charge is 2.30. The van der Waals surface area contributed by atoms with E-state index in [0.29, 0.717) is 17.7 Å². The topological polar surface area (TPSA) is 79.0 Å². The summed E-state index contributed by atoms with van der Waals surface area (Å²) in [6.07, 6.45) is 4.71. The van der Waals surface area contributed by atoms with Crippen LogP contribution in [0.15, 0.2) is 17.0 Å². The zero-order valence-corrected chi connectivity index (χ0v) is 13.9. The van der Waals surface area contributed by atoms with Crippen LogP contribution in [0.5, 0.6) is 0 Å². The maximum Gasteiger partial charge on any atom is 0.241 e. The van der Waals surface area contributed by atoms with Crippen molar-refractivity contribution in [3.63, 3.8) is 0 Å². The molecule has 1 fully saturated rings. The maximum absolute atomic E-state index is 12.6. The van der Waals surface area contributed by atoms with Gasteiger partial charge in [-0.2, -0.15) is 0 Å². The minimum atomic E-state index is -3.50. The smallest absolute Gasteiger partial charge is 0.241 e. The van der Waals surface area contributed by atoms with Crippen molar-refractivity contribution in [2.24, 2.45) is 0 Å². The van der Waals surface area contributed by atoms with Gasteiger partial charge in [-0.05, 0) is 49.8 Å². The van der Waals surface area contributed by atoms with Gasteiger partial charge in [-0.25, -0.2) is 13.1 Å². The molecule has 1 aromatic heterocycles. The molecular formula is C17H20N2O3S. The van der Waals surface area contributed by atoms with Gasteiger partial charge in [-0.3, -0.25) is 4.79 Å². The minimum absolute atomic E-state index is 0.0822. The molecule has 0 bridgehead atoms. The lowest BCUT2D eigenvalue weighted by atomic mass is 9.94. The third kappa shape index (κ3) is 2.50. The van der Waals surface area contributed by atoms with Crippen molar-refractivity contribution in [1.82, 2.24) is 9.71 Å². The van der Waals surface area contributed by atoms with E-state index in [2.05, 4.69) is 9.71 Å². The number of aryl methyl sites for hydroxylation is 2. The molecule has 2 aliphatic carbocycles. The monoisotopic (exact) mass is 332 g/mol. The van der Waals surface area contributed by atoms with E-state index >= 15 is 0 Å². The second-order valence-corrected chi connectivity index (χ2v) is 8.19. The molecule has 0 radical (unpaired) electrons. The number of fused-ring (bicyclic) bond motifs is 3. The molecule has 2 N–H and O–H groups in total. The van der Waals surface area contributed by atoms with Crippen LogP contribution < -0.4 is 4.72 Å². The number of rotatable bonds is 4. The van der Waals surface area contributed by atoms with Gasteiger partial charge in [0.15, 0.2) is 5.78 Å². The third-order valence-electron chi connectivity index (χ3n) is 4.74. The Bertz CT molecular complexity index is 908. The quantitative estimate of drug-likeness (QED) is 0.903. The molecule has 1 heterocycles. The van der Waals surface area contributed by atoms with Gasteiger partial charge in [-0.15, -0.1) is 0 Å². The van der Waals surface area contributed by atoms with E-state index in [-0.39, 0.29) is 11.8 Å². The highest BCUT2D eigenvalue weighted by Crippen LogP contribution is 2.33. The summed E-state index contributed by atoms with van der Waals surface area (Å²) >= 11 is 0. The predicted octanol–water partition coefficient (Wildman–Crippen LogP) is 2.69. The van der Waals surface area contributed by atoms with Crippen LogP contribution in [0, 0.1) is 0 Å². The molecule has 6 heteroatoms. The van der Waals surface area contributed by atoms with Gasteiger partial charge in [0.05, 0.1) is 4.90 Å². The highest BCUT2D eigenvalue weighted by molar-refractivity contribution is 7.89. The zero-order valence-electron chi connectivity index (χ0n) is 13.1. The van der Waals surface area contributed by atoms with Crippen LogP contribution in [0.2, 0.25) is 0 Å². The molecule has 1 aromatic carbocycles. The number of Topliss-reactive ketones (excluding diaryl/α,β-unsaturated/α-hetero) is 1. The molecule has 2 aromatic rings. The van der Waals surface area contributed by atoms with Gasteiger partial charge in [-0.1, -0.05) is 6.92 Å². The van der Waals surface area contributed by atoms with Gasteiger partial charge >= 0.3 is 0 Å². The number of aromatic amines is 1. The van der Waals surface area contributed by atoms with Gasteiger partial charge in [0.1, 0.15) is 0 Å². The molecule has 0 spiro atoms. The van der Waals surface area contributed by atoms with E-state index in [1.54, 1.807) is 6.07 Å². The Hall–Kier alpha value is -1.66. The second-order valence-electron chi connectivity index (χ2n) is 6.51. The largest absolute Gasteiger partial charge is 0.358 e. The summed E-state index contributed by atoms with van der Waals surface area (Å²) in [7, 11) is -3.50. The first-order chi connectivity index (χ1) is 11.0. The van der Waals surface area contributed by atoms with Crippen LogP contribution in [0.1, 0.15) is 54.2 Å².